The lowest BCUT2D eigenvalue weighted by molar-refractivity contribution is 0.0551. The molecule has 0 saturated carbocycles. The lowest BCUT2D eigenvalue weighted by Crippen LogP contribution is -2.27. The van der Waals surface area contributed by atoms with Crippen molar-refractivity contribution in [3.8, 4) is 16.8 Å². The van der Waals surface area contributed by atoms with Gasteiger partial charge in [0, 0.05) is 54.6 Å². The molecule has 1 N–H and O–H groups in total. The summed E-state index contributed by atoms with van der Waals surface area (Å²) in [5.74, 6) is 0. The molecule has 6 aromatic carbocycles. The third-order valence-electron chi connectivity index (χ3n) is 9.02. The maximum atomic E-state index is 14.1. The first-order valence-electron chi connectivity index (χ1n) is 15.7. The highest BCUT2D eigenvalue weighted by Gasteiger charge is 2.26. The van der Waals surface area contributed by atoms with Crippen LogP contribution in [0.15, 0.2) is 127 Å². The molecule has 9 aromatic rings. The second-order valence-corrected chi connectivity index (χ2v) is 13.0. The molecular formula is C41H31N3O2. The average Bonchev–Trinajstić information content (AvgIpc) is 3.71. The third kappa shape index (κ3) is 3.85. The number of carbonyl (C=O) groups excluding carboxylic acids is 1. The van der Waals surface area contributed by atoms with E-state index in [0.717, 1.165) is 66.1 Å². The Morgan fingerprint density at radius 1 is 0.587 bits per heavy atom. The molecule has 46 heavy (non-hydrogen) atoms. The summed E-state index contributed by atoms with van der Waals surface area (Å²) in [5.41, 5.74) is 8.44. The number of H-pyrrole nitrogens is 1. The van der Waals surface area contributed by atoms with Crippen molar-refractivity contribution in [2.75, 3.05) is 0 Å². The van der Waals surface area contributed by atoms with E-state index in [1.807, 2.05) is 26.8 Å². The molecule has 0 radical (unpaired) electrons. The fraction of sp³-hybridized carbons (Fsp3) is 0.0976. The van der Waals surface area contributed by atoms with Gasteiger partial charge in [-0.1, -0.05) is 91.0 Å². The maximum absolute atomic E-state index is 14.1. The average molecular weight is 598 g/mol. The molecule has 5 nitrogen and oxygen atoms in total. The van der Waals surface area contributed by atoms with Gasteiger partial charge in [-0.3, -0.25) is 0 Å². The smallest absolute Gasteiger partial charge is 0.419 e. The number of para-hydroxylation sites is 5. The van der Waals surface area contributed by atoms with Gasteiger partial charge >= 0.3 is 6.09 Å². The minimum absolute atomic E-state index is 0.395. The molecule has 222 valence electrons. The molecular weight excluding hydrogens is 566 g/mol. The summed E-state index contributed by atoms with van der Waals surface area (Å²) in [6.45, 7) is 5.72. The monoisotopic (exact) mass is 597 g/mol. The largest absolute Gasteiger partial charge is 0.443 e. The Morgan fingerprint density at radius 3 is 1.91 bits per heavy atom. The van der Waals surface area contributed by atoms with Gasteiger partial charge in [-0.25, -0.2) is 9.36 Å². The summed E-state index contributed by atoms with van der Waals surface area (Å²) in [6, 6.07) is 44.5. The zero-order valence-electron chi connectivity index (χ0n) is 25.8. The molecule has 0 fully saturated rings. The highest BCUT2D eigenvalue weighted by Crippen LogP contribution is 2.41. The van der Waals surface area contributed by atoms with E-state index in [9.17, 15) is 4.79 Å². The van der Waals surface area contributed by atoms with E-state index in [0.29, 0.717) is 0 Å². The number of nitrogens with one attached hydrogen (secondary N) is 1. The van der Waals surface area contributed by atoms with Crippen LogP contribution in [0.1, 0.15) is 20.8 Å². The first-order chi connectivity index (χ1) is 22.4. The zero-order chi connectivity index (χ0) is 31.2. The first-order valence-corrected chi connectivity index (χ1v) is 15.7. The Kier molecular flexibility index (Phi) is 5.54. The van der Waals surface area contributed by atoms with Gasteiger partial charge in [0.25, 0.3) is 0 Å². The lowest BCUT2D eigenvalue weighted by Gasteiger charge is -2.21. The fourth-order valence-electron chi connectivity index (χ4n) is 7.21. The van der Waals surface area contributed by atoms with Crippen molar-refractivity contribution >= 4 is 71.5 Å². The summed E-state index contributed by atoms with van der Waals surface area (Å²) in [7, 11) is 0. The van der Waals surface area contributed by atoms with E-state index in [2.05, 4.69) is 131 Å². The number of fused-ring (bicyclic) bond motifs is 9. The molecule has 5 heteroatoms. The van der Waals surface area contributed by atoms with E-state index in [1.54, 1.807) is 4.57 Å². The van der Waals surface area contributed by atoms with Crippen LogP contribution in [-0.4, -0.2) is 25.8 Å². The number of rotatable bonds is 2. The summed E-state index contributed by atoms with van der Waals surface area (Å²) < 4.78 is 10.1. The SMILES string of the molecule is CC(C)(C)OC(=O)n1c2ccc(-n3c4ccccc4c4ccccc43)cc2c2cccc(-c3cccc4c3[nH]c3ccccc34)c21. The van der Waals surface area contributed by atoms with E-state index >= 15 is 0 Å². The van der Waals surface area contributed by atoms with Crippen LogP contribution in [0, 0.1) is 0 Å². The molecule has 3 heterocycles. The molecule has 0 bridgehead atoms. The van der Waals surface area contributed by atoms with Gasteiger partial charge in [0.1, 0.15) is 5.60 Å². The van der Waals surface area contributed by atoms with Crippen molar-refractivity contribution in [2.24, 2.45) is 0 Å². The molecule has 0 amide bonds. The van der Waals surface area contributed by atoms with E-state index in [4.69, 9.17) is 4.74 Å². The second-order valence-electron chi connectivity index (χ2n) is 13.0. The van der Waals surface area contributed by atoms with Gasteiger partial charge in [-0.15, -0.1) is 0 Å². The Bertz CT molecular complexity index is 2630. The molecule has 0 atom stereocenters. The van der Waals surface area contributed by atoms with Gasteiger partial charge in [-0.2, -0.15) is 0 Å². The van der Waals surface area contributed by atoms with Crippen molar-refractivity contribution in [3.05, 3.63) is 127 Å². The van der Waals surface area contributed by atoms with Crippen LogP contribution >= 0.6 is 0 Å². The number of hydrogen-bond donors (Lipinski definition) is 1. The first kappa shape index (κ1) is 26.6. The van der Waals surface area contributed by atoms with Crippen LogP contribution in [0.4, 0.5) is 4.79 Å². The summed E-state index contributed by atoms with van der Waals surface area (Å²) in [5, 5.41) is 6.74. The minimum Gasteiger partial charge on any atom is -0.443 e. The number of aromatic amines is 1. The second kappa shape index (κ2) is 9.59. The number of benzene rings is 6. The number of hydrogen-bond acceptors (Lipinski definition) is 2. The number of aromatic nitrogens is 3. The molecule has 0 aliphatic rings. The highest BCUT2D eigenvalue weighted by atomic mass is 16.6. The quantitative estimate of drug-likeness (QED) is 0.215. The van der Waals surface area contributed by atoms with Gasteiger partial charge < -0.3 is 14.3 Å². The van der Waals surface area contributed by atoms with Crippen molar-refractivity contribution in [1.29, 1.82) is 0 Å². The van der Waals surface area contributed by atoms with Crippen LogP contribution in [0.25, 0.3) is 82.2 Å². The summed E-state index contributed by atoms with van der Waals surface area (Å²) in [6.07, 6.45) is -0.395. The van der Waals surface area contributed by atoms with Gasteiger partial charge in [-0.05, 0) is 57.2 Å². The van der Waals surface area contributed by atoms with Gasteiger partial charge in [0.05, 0.1) is 27.6 Å². The molecule has 0 aliphatic carbocycles. The number of nitrogens with zero attached hydrogens (tertiary/aromatic N) is 2. The molecule has 0 aliphatic heterocycles. The van der Waals surface area contributed by atoms with Crippen LogP contribution in [-0.2, 0) is 4.74 Å². The normalized spacial score (nSPS) is 12.3. The van der Waals surface area contributed by atoms with Crippen LogP contribution in [0.3, 0.4) is 0 Å². The fourth-order valence-corrected chi connectivity index (χ4v) is 7.21. The van der Waals surface area contributed by atoms with E-state index in [1.165, 1.54) is 16.2 Å². The van der Waals surface area contributed by atoms with Gasteiger partial charge in [0.2, 0.25) is 0 Å². The topological polar surface area (TPSA) is 51.9 Å². The minimum atomic E-state index is -0.658. The van der Waals surface area contributed by atoms with Crippen LogP contribution in [0.5, 0.6) is 0 Å². The molecule has 0 unspecified atom stereocenters. The zero-order valence-corrected chi connectivity index (χ0v) is 25.8. The molecule has 3 aromatic heterocycles. The van der Waals surface area contributed by atoms with Crippen molar-refractivity contribution in [2.45, 2.75) is 26.4 Å². The van der Waals surface area contributed by atoms with Crippen LogP contribution in [0.2, 0.25) is 0 Å². The third-order valence-corrected chi connectivity index (χ3v) is 9.02. The summed E-state index contributed by atoms with van der Waals surface area (Å²) in [4.78, 5) is 17.8. The lowest BCUT2D eigenvalue weighted by atomic mass is 9.99. The van der Waals surface area contributed by atoms with E-state index < -0.39 is 11.7 Å². The summed E-state index contributed by atoms with van der Waals surface area (Å²) >= 11 is 0. The Morgan fingerprint density at radius 2 is 1.20 bits per heavy atom. The Balaban J connectivity index is 1.37. The van der Waals surface area contributed by atoms with Crippen LogP contribution < -0.4 is 0 Å². The molecule has 0 spiro atoms. The predicted molar refractivity (Wildman–Crippen MR) is 190 cm³/mol. The standard InChI is InChI=1S/C41H31N3O2/c1-41(2,3)46-40(45)44-37-23-22-25(43-35-20-8-5-13-27(35)28-14-6-9-21-36(28)43)24-33(37)32-18-11-17-31(39(32)44)30-16-10-15-29-26-12-4-7-19-34(26)42-38(29)30/h4-24,42H,1-3H3. The van der Waals surface area contributed by atoms with E-state index in [-0.39, 0.29) is 0 Å². The highest BCUT2D eigenvalue weighted by molar-refractivity contribution is 6.20. The predicted octanol–water partition coefficient (Wildman–Crippen LogP) is 11.0. The number of ether oxygens (including phenoxy) is 1. The Hall–Kier alpha value is -5.81. The van der Waals surface area contributed by atoms with Crippen molar-refractivity contribution < 1.29 is 9.53 Å². The molecule has 9 rings (SSSR count). The Labute approximate surface area is 265 Å². The number of carbonyl (C=O) groups is 1. The van der Waals surface area contributed by atoms with Crippen molar-refractivity contribution in [3.63, 3.8) is 0 Å². The van der Waals surface area contributed by atoms with Crippen molar-refractivity contribution in [1.82, 2.24) is 14.1 Å². The molecule has 0 saturated heterocycles. The van der Waals surface area contributed by atoms with Gasteiger partial charge in [0.15, 0.2) is 0 Å². The maximum Gasteiger partial charge on any atom is 0.419 e.